The lowest BCUT2D eigenvalue weighted by atomic mass is 10.1. The zero-order valence-electron chi connectivity index (χ0n) is 9.99. The Hall–Kier alpha value is -1.51. The molecule has 1 unspecified atom stereocenters. The summed E-state index contributed by atoms with van der Waals surface area (Å²) >= 11 is 0. The predicted molar refractivity (Wildman–Crippen MR) is 67.3 cm³/mol. The molecule has 0 aliphatic carbocycles. The second-order valence-corrected chi connectivity index (χ2v) is 3.99. The molecule has 0 saturated carbocycles. The molecule has 1 atom stereocenters. The molecule has 1 amide bonds. The van der Waals surface area contributed by atoms with Crippen molar-refractivity contribution in [3.63, 3.8) is 0 Å². The van der Waals surface area contributed by atoms with Gasteiger partial charge in [-0.2, -0.15) is 0 Å². The molecule has 0 heterocycles. The van der Waals surface area contributed by atoms with Crippen LogP contribution >= 0.6 is 0 Å². The molecule has 3 nitrogen and oxygen atoms in total. The van der Waals surface area contributed by atoms with Crippen molar-refractivity contribution in [2.75, 3.05) is 5.73 Å². The summed E-state index contributed by atoms with van der Waals surface area (Å²) in [4.78, 5) is 11.8. The molecule has 1 rings (SSSR count). The van der Waals surface area contributed by atoms with Gasteiger partial charge >= 0.3 is 0 Å². The summed E-state index contributed by atoms with van der Waals surface area (Å²) in [6.07, 6.45) is 3.08. The van der Waals surface area contributed by atoms with Gasteiger partial charge in [0.1, 0.15) is 0 Å². The van der Waals surface area contributed by atoms with Gasteiger partial charge in [-0.25, -0.2) is 0 Å². The summed E-state index contributed by atoms with van der Waals surface area (Å²) in [5, 5.41) is 3.02. The highest BCUT2D eigenvalue weighted by molar-refractivity contribution is 5.94. The van der Waals surface area contributed by atoms with Crippen molar-refractivity contribution in [1.29, 1.82) is 0 Å². The summed E-state index contributed by atoms with van der Waals surface area (Å²) in [5.41, 5.74) is 6.92. The Kier molecular flexibility index (Phi) is 4.83. The van der Waals surface area contributed by atoms with Crippen molar-refractivity contribution in [3.8, 4) is 0 Å². The Morgan fingerprint density at radius 2 is 1.94 bits per heavy atom. The Morgan fingerprint density at radius 3 is 2.44 bits per heavy atom. The largest absolute Gasteiger partial charge is 0.399 e. The van der Waals surface area contributed by atoms with E-state index in [4.69, 9.17) is 5.73 Å². The third kappa shape index (κ3) is 3.57. The SMILES string of the molecule is CCCC(CC)NC(=O)c1ccc(N)cc1. The van der Waals surface area contributed by atoms with Crippen LogP contribution in [0.3, 0.4) is 0 Å². The molecule has 0 radical (unpaired) electrons. The molecule has 3 heteroatoms. The number of hydrogen-bond acceptors (Lipinski definition) is 2. The van der Waals surface area contributed by atoms with Crippen molar-refractivity contribution in [3.05, 3.63) is 29.8 Å². The van der Waals surface area contributed by atoms with Crippen LogP contribution in [0.1, 0.15) is 43.5 Å². The van der Waals surface area contributed by atoms with E-state index >= 15 is 0 Å². The molecular weight excluding hydrogens is 200 g/mol. The first-order chi connectivity index (χ1) is 7.67. The molecule has 0 spiro atoms. The maximum absolute atomic E-state index is 11.8. The number of nitrogens with two attached hydrogens (primary N) is 1. The van der Waals surface area contributed by atoms with Crippen LogP contribution in [0.5, 0.6) is 0 Å². The van der Waals surface area contributed by atoms with Crippen LogP contribution in [-0.2, 0) is 0 Å². The molecule has 0 aromatic heterocycles. The summed E-state index contributed by atoms with van der Waals surface area (Å²) in [7, 11) is 0. The van der Waals surface area contributed by atoms with Gasteiger partial charge in [-0.3, -0.25) is 4.79 Å². The molecule has 0 fully saturated rings. The summed E-state index contributed by atoms with van der Waals surface area (Å²) in [6.45, 7) is 4.21. The highest BCUT2D eigenvalue weighted by Gasteiger charge is 2.10. The number of carbonyl (C=O) groups excluding carboxylic acids is 1. The topological polar surface area (TPSA) is 55.1 Å². The Bertz CT molecular complexity index is 332. The van der Waals surface area contributed by atoms with Gasteiger partial charge in [0.05, 0.1) is 0 Å². The molecule has 1 aromatic carbocycles. The van der Waals surface area contributed by atoms with Crippen LogP contribution in [0.15, 0.2) is 24.3 Å². The van der Waals surface area contributed by atoms with Gasteiger partial charge in [0, 0.05) is 17.3 Å². The fraction of sp³-hybridized carbons (Fsp3) is 0.462. The summed E-state index contributed by atoms with van der Waals surface area (Å²) < 4.78 is 0. The molecule has 16 heavy (non-hydrogen) atoms. The molecule has 0 bridgehead atoms. The van der Waals surface area contributed by atoms with Crippen LogP contribution in [0, 0.1) is 0 Å². The van der Waals surface area contributed by atoms with E-state index in [1.54, 1.807) is 24.3 Å². The van der Waals surface area contributed by atoms with Gasteiger partial charge in [0.2, 0.25) is 0 Å². The minimum Gasteiger partial charge on any atom is -0.399 e. The van der Waals surface area contributed by atoms with Crippen molar-refractivity contribution in [2.24, 2.45) is 0 Å². The normalized spacial score (nSPS) is 12.1. The van der Waals surface area contributed by atoms with Gasteiger partial charge in [-0.05, 0) is 37.1 Å². The minimum atomic E-state index is -0.0136. The number of rotatable bonds is 5. The van der Waals surface area contributed by atoms with E-state index in [0.29, 0.717) is 11.3 Å². The minimum absolute atomic E-state index is 0.0136. The highest BCUT2D eigenvalue weighted by Crippen LogP contribution is 2.07. The van der Waals surface area contributed by atoms with E-state index in [0.717, 1.165) is 19.3 Å². The lowest BCUT2D eigenvalue weighted by Crippen LogP contribution is -2.34. The third-order valence-corrected chi connectivity index (χ3v) is 2.64. The molecule has 0 aliphatic heterocycles. The maximum Gasteiger partial charge on any atom is 0.251 e. The number of anilines is 1. The van der Waals surface area contributed by atoms with Crippen molar-refractivity contribution in [1.82, 2.24) is 5.32 Å². The monoisotopic (exact) mass is 220 g/mol. The standard InChI is InChI=1S/C13H20N2O/c1-3-5-12(4-2)15-13(16)10-6-8-11(14)9-7-10/h6-9,12H,3-5,14H2,1-2H3,(H,15,16). The second-order valence-electron chi connectivity index (χ2n) is 3.99. The predicted octanol–water partition coefficient (Wildman–Crippen LogP) is 2.58. The molecule has 1 aromatic rings. The van der Waals surface area contributed by atoms with E-state index in [2.05, 4.69) is 19.2 Å². The Morgan fingerprint density at radius 1 is 1.31 bits per heavy atom. The first-order valence-corrected chi connectivity index (χ1v) is 5.83. The Labute approximate surface area is 97.0 Å². The Balaban J connectivity index is 2.60. The van der Waals surface area contributed by atoms with Gasteiger partial charge in [-0.15, -0.1) is 0 Å². The number of benzene rings is 1. The van der Waals surface area contributed by atoms with E-state index < -0.39 is 0 Å². The first kappa shape index (κ1) is 12.6. The van der Waals surface area contributed by atoms with Crippen molar-refractivity contribution >= 4 is 11.6 Å². The van der Waals surface area contributed by atoms with Crippen LogP contribution < -0.4 is 11.1 Å². The number of hydrogen-bond donors (Lipinski definition) is 2. The van der Waals surface area contributed by atoms with E-state index in [1.807, 2.05) is 0 Å². The third-order valence-electron chi connectivity index (χ3n) is 2.64. The van der Waals surface area contributed by atoms with Crippen molar-refractivity contribution in [2.45, 2.75) is 39.2 Å². The summed E-state index contributed by atoms with van der Waals surface area (Å²) in [5.74, 6) is -0.0136. The fourth-order valence-electron chi connectivity index (χ4n) is 1.63. The van der Waals surface area contributed by atoms with Gasteiger partial charge in [0.15, 0.2) is 0 Å². The smallest absolute Gasteiger partial charge is 0.251 e. The van der Waals surface area contributed by atoms with Crippen LogP contribution in [-0.4, -0.2) is 11.9 Å². The fourth-order valence-corrected chi connectivity index (χ4v) is 1.63. The number of amides is 1. The molecule has 88 valence electrons. The lowest BCUT2D eigenvalue weighted by molar-refractivity contribution is 0.0934. The molecule has 3 N–H and O–H groups in total. The quantitative estimate of drug-likeness (QED) is 0.749. The lowest BCUT2D eigenvalue weighted by Gasteiger charge is -2.15. The number of nitrogens with one attached hydrogen (secondary N) is 1. The van der Waals surface area contributed by atoms with Crippen molar-refractivity contribution < 1.29 is 4.79 Å². The van der Waals surface area contributed by atoms with Crippen LogP contribution in [0.25, 0.3) is 0 Å². The second kappa shape index (κ2) is 6.16. The van der Waals surface area contributed by atoms with Gasteiger partial charge in [-0.1, -0.05) is 20.3 Å². The maximum atomic E-state index is 11.8. The summed E-state index contributed by atoms with van der Waals surface area (Å²) in [6, 6.07) is 7.27. The van der Waals surface area contributed by atoms with Crippen LogP contribution in [0.4, 0.5) is 5.69 Å². The molecule has 0 aliphatic rings. The van der Waals surface area contributed by atoms with E-state index in [9.17, 15) is 4.79 Å². The number of nitrogen functional groups attached to an aromatic ring is 1. The van der Waals surface area contributed by atoms with Gasteiger partial charge in [0.25, 0.3) is 5.91 Å². The first-order valence-electron chi connectivity index (χ1n) is 5.83. The van der Waals surface area contributed by atoms with E-state index in [1.165, 1.54) is 0 Å². The average molecular weight is 220 g/mol. The van der Waals surface area contributed by atoms with Gasteiger partial charge < -0.3 is 11.1 Å². The average Bonchev–Trinajstić information content (AvgIpc) is 2.29. The van der Waals surface area contributed by atoms with E-state index in [-0.39, 0.29) is 11.9 Å². The zero-order chi connectivity index (χ0) is 12.0. The highest BCUT2D eigenvalue weighted by atomic mass is 16.1. The molecular formula is C13H20N2O. The number of carbonyl (C=O) groups is 1. The zero-order valence-corrected chi connectivity index (χ0v) is 9.99. The molecule has 0 saturated heterocycles. The van der Waals surface area contributed by atoms with Crippen LogP contribution in [0.2, 0.25) is 0 Å².